The van der Waals surface area contributed by atoms with E-state index in [0.29, 0.717) is 24.0 Å². The Bertz CT molecular complexity index is 2490. The number of thiophene rings is 1. The van der Waals surface area contributed by atoms with Crippen LogP contribution in [-0.2, 0) is 50.5 Å². The third kappa shape index (κ3) is 7.54. The highest BCUT2D eigenvalue weighted by molar-refractivity contribution is 7.11. The predicted molar refractivity (Wildman–Crippen MR) is 218 cm³/mol. The summed E-state index contributed by atoms with van der Waals surface area (Å²) in [5.74, 6) is -1.33. The number of carbonyl (C=O) groups excluding carboxylic acids is 4. The maximum Gasteiger partial charge on any atom is 0.338 e. The number of hydrogen-bond donors (Lipinski definition) is 2. The van der Waals surface area contributed by atoms with Crippen LogP contribution >= 0.6 is 11.3 Å². The van der Waals surface area contributed by atoms with Gasteiger partial charge in [-0.2, -0.15) is 0 Å². The minimum Gasteiger partial charge on any atom is -0.457 e. The summed E-state index contributed by atoms with van der Waals surface area (Å²) in [5, 5.41) is 5.80. The standard InChI is InChI=1S/C31H25NO3S.C16H13NO3/c1-20-11-13-24(36-20)18-31(16-15-22-9-5-6-10-26(22)31)28-25-17-23(12-14-27(25)32-29(28)33)30(34)35-19-21-7-3-2-4-8-21;18-15-9-13-8-12(6-7-14(13)17-15)16(19)20-10-11-4-2-1-3-5-11/h2-17,28H,18-19H2,1H3,(H,32,33);1-8H,9-10H2,(H,17,18). The van der Waals surface area contributed by atoms with Crippen molar-refractivity contribution in [3.8, 4) is 0 Å². The molecule has 5 aromatic carbocycles. The Hall–Kier alpha value is -6.58. The number of hydrogen-bond acceptors (Lipinski definition) is 7. The molecule has 0 radical (unpaired) electrons. The summed E-state index contributed by atoms with van der Waals surface area (Å²) in [5.41, 5.74) is 7.71. The van der Waals surface area contributed by atoms with Gasteiger partial charge in [0.15, 0.2) is 0 Å². The smallest absolute Gasteiger partial charge is 0.338 e. The lowest BCUT2D eigenvalue weighted by Crippen LogP contribution is -2.36. The lowest BCUT2D eigenvalue weighted by Gasteiger charge is -2.34. The van der Waals surface area contributed by atoms with Gasteiger partial charge < -0.3 is 20.1 Å². The van der Waals surface area contributed by atoms with Gasteiger partial charge in [0.05, 0.1) is 23.5 Å². The number of rotatable bonds is 9. The monoisotopic (exact) mass is 758 g/mol. The highest BCUT2D eigenvalue weighted by Crippen LogP contribution is 2.53. The molecule has 3 heterocycles. The second-order valence-corrected chi connectivity index (χ2v) is 15.5. The molecule has 9 heteroatoms. The van der Waals surface area contributed by atoms with Crippen molar-refractivity contribution < 1.29 is 28.7 Å². The van der Waals surface area contributed by atoms with Crippen LogP contribution in [-0.4, -0.2) is 23.8 Å². The molecule has 2 N–H and O–H groups in total. The van der Waals surface area contributed by atoms with Gasteiger partial charge in [-0.1, -0.05) is 97.1 Å². The van der Waals surface area contributed by atoms with Gasteiger partial charge in [-0.15, -0.1) is 11.3 Å². The molecule has 0 saturated heterocycles. The first-order valence-corrected chi connectivity index (χ1v) is 19.2. The van der Waals surface area contributed by atoms with Crippen molar-refractivity contribution in [1.29, 1.82) is 0 Å². The zero-order valence-corrected chi connectivity index (χ0v) is 31.4. The lowest BCUT2D eigenvalue weighted by atomic mass is 9.67. The van der Waals surface area contributed by atoms with Gasteiger partial charge in [0.2, 0.25) is 11.8 Å². The second-order valence-electron chi connectivity index (χ2n) is 14.1. The molecule has 56 heavy (non-hydrogen) atoms. The first kappa shape index (κ1) is 36.4. The van der Waals surface area contributed by atoms with E-state index in [0.717, 1.165) is 44.8 Å². The molecule has 278 valence electrons. The van der Waals surface area contributed by atoms with Gasteiger partial charge in [-0.3, -0.25) is 9.59 Å². The third-order valence-electron chi connectivity index (χ3n) is 10.3. The summed E-state index contributed by atoms with van der Waals surface area (Å²) in [7, 11) is 0. The van der Waals surface area contributed by atoms with E-state index < -0.39 is 17.3 Å². The number of esters is 2. The second kappa shape index (κ2) is 15.6. The fourth-order valence-corrected chi connectivity index (χ4v) is 8.64. The molecule has 2 amide bonds. The number of amides is 2. The van der Waals surface area contributed by atoms with Crippen LogP contribution in [0.2, 0.25) is 0 Å². The number of nitrogens with one attached hydrogen (secondary N) is 2. The molecule has 0 spiro atoms. The molecule has 2 unspecified atom stereocenters. The highest BCUT2D eigenvalue weighted by atomic mass is 32.1. The number of ether oxygens (including phenoxy) is 2. The zero-order chi connectivity index (χ0) is 38.6. The van der Waals surface area contributed by atoms with Crippen LogP contribution in [0, 0.1) is 6.92 Å². The van der Waals surface area contributed by atoms with E-state index >= 15 is 0 Å². The molecule has 8 nitrogen and oxygen atoms in total. The van der Waals surface area contributed by atoms with Gasteiger partial charge in [0.1, 0.15) is 13.2 Å². The van der Waals surface area contributed by atoms with Crippen LogP contribution in [0.1, 0.15) is 69.8 Å². The summed E-state index contributed by atoms with van der Waals surface area (Å²) in [6.07, 6.45) is 5.33. The number of aryl methyl sites for hydroxylation is 1. The van der Waals surface area contributed by atoms with Crippen molar-refractivity contribution in [1.82, 2.24) is 0 Å². The van der Waals surface area contributed by atoms with Crippen molar-refractivity contribution >= 4 is 52.5 Å². The fraction of sp³-hybridized carbons (Fsp3) is 0.149. The Morgan fingerprint density at radius 3 is 2.00 bits per heavy atom. The van der Waals surface area contributed by atoms with E-state index in [1.54, 1.807) is 35.6 Å². The Morgan fingerprint density at radius 1 is 0.714 bits per heavy atom. The number of carbonyl (C=O) groups is 4. The fourth-order valence-electron chi connectivity index (χ4n) is 7.64. The lowest BCUT2D eigenvalue weighted by molar-refractivity contribution is -0.118. The van der Waals surface area contributed by atoms with Crippen molar-refractivity contribution in [3.63, 3.8) is 0 Å². The first-order valence-electron chi connectivity index (χ1n) is 18.4. The van der Waals surface area contributed by atoms with Crippen molar-refractivity contribution in [2.75, 3.05) is 10.6 Å². The number of anilines is 2. The molecule has 6 aromatic rings. The van der Waals surface area contributed by atoms with E-state index in [1.165, 1.54) is 9.75 Å². The average molecular weight is 759 g/mol. The minimum atomic E-state index is -0.546. The van der Waals surface area contributed by atoms with Crippen LogP contribution in [0.4, 0.5) is 11.4 Å². The normalized spacial score (nSPS) is 17.1. The summed E-state index contributed by atoms with van der Waals surface area (Å²) >= 11 is 1.76. The number of allylic oxidation sites excluding steroid dienone is 1. The van der Waals surface area contributed by atoms with Crippen molar-refractivity contribution in [3.05, 3.63) is 194 Å². The molecule has 2 atom stereocenters. The minimum absolute atomic E-state index is 0.0465. The first-order chi connectivity index (χ1) is 27.3. The van der Waals surface area contributed by atoms with Crippen LogP contribution in [0.15, 0.2) is 140 Å². The van der Waals surface area contributed by atoms with Crippen LogP contribution in [0.25, 0.3) is 6.08 Å². The third-order valence-corrected chi connectivity index (χ3v) is 11.3. The van der Waals surface area contributed by atoms with Gasteiger partial charge >= 0.3 is 11.9 Å². The summed E-state index contributed by atoms with van der Waals surface area (Å²) < 4.78 is 10.8. The zero-order valence-electron chi connectivity index (χ0n) is 30.6. The molecule has 1 aromatic heterocycles. The maximum atomic E-state index is 13.6. The summed E-state index contributed by atoms with van der Waals surface area (Å²) in [6, 6.07) is 42.2. The van der Waals surface area contributed by atoms with Crippen LogP contribution < -0.4 is 10.6 Å². The SMILES string of the molecule is Cc1ccc(CC2(C3C(=O)Nc4ccc(C(=O)OCc5ccccc5)cc43)C=Cc3ccccc32)s1.O=C1Cc2cc(C(=O)OCc3ccccc3)ccc2N1. The van der Waals surface area contributed by atoms with Gasteiger partial charge in [0.25, 0.3) is 0 Å². The van der Waals surface area contributed by atoms with Crippen LogP contribution in [0.3, 0.4) is 0 Å². The van der Waals surface area contributed by atoms with E-state index in [9.17, 15) is 19.2 Å². The van der Waals surface area contributed by atoms with E-state index in [2.05, 4.69) is 54.0 Å². The van der Waals surface area contributed by atoms with Crippen molar-refractivity contribution in [2.45, 2.75) is 44.3 Å². The Morgan fingerprint density at radius 2 is 1.34 bits per heavy atom. The molecule has 9 rings (SSSR count). The van der Waals surface area contributed by atoms with Crippen LogP contribution in [0.5, 0.6) is 0 Å². The van der Waals surface area contributed by atoms with Gasteiger partial charge in [-0.25, -0.2) is 9.59 Å². The molecular weight excluding hydrogens is 721 g/mol. The van der Waals surface area contributed by atoms with Crippen molar-refractivity contribution in [2.24, 2.45) is 0 Å². The average Bonchev–Trinajstić information content (AvgIpc) is 3.99. The van der Waals surface area contributed by atoms with E-state index in [4.69, 9.17) is 9.47 Å². The Kier molecular flexibility index (Phi) is 10.2. The summed E-state index contributed by atoms with van der Waals surface area (Å²) in [4.78, 5) is 52.2. The number of fused-ring (bicyclic) bond motifs is 3. The van der Waals surface area contributed by atoms with E-state index in [1.807, 2.05) is 84.9 Å². The predicted octanol–water partition coefficient (Wildman–Crippen LogP) is 9.19. The Balaban J connectivity index is 0.000000186. The molecule has 1 aliphatic carbocycles. The largest absolute Gasteiger partial charge is 0.457 e. The molecule has 0 fully saturated rings. The molecular formula is C47H38N2O6S. The quantitative estimate of drug-likeness (QED) is 0.142. The molecule has 3 aliphatic rings. The summed E-state index contributed by atoms with van der Waals surface area (Å²) in [6.45, 7) is 2.55. The highest BCUT2D eigenvalue weighted by Gasteiger charge is 2.50. The maximum absolute atomic E-state index is 13.6. The molecule has 0 bridgehead atoms. The molecule has 0 saturated carbocycles. The topological polar surface area (TPSA) is 111 Å². The van der Waals surface area contributed by atoms with Gasteiger partial charge in [0, 0.05) is 26.5 Å². The number of benzene rings is 5. The Labute approximate surface area is 328 Å². The van der Waals surface area contributed by atoms with E-state index in [-0.39, 0.29) is 31.0 Å². The van der Waals surface area contributed by atoms with Gasteiger partial charge in [-0.05, 0) is 95.3 Å². The molecule has 2 aliphatic heterocycles.